The minimum atomic E-state index is -0.814. The molecular formula is C18H27N3O5. The van der Waals surface area contributed by atoms with E-state index >= 15 is 0 Å². The molecule has 2 heterocycles. The molecule has 0 bridgehead atoms. The Bertz CT molecular complexity index is 590. The van der Waals surface area contributed by atoms with Crippen LogP contribution in [0.5, 0.6) is 0 Å². The van der Waals surface area contributed by atoms with Crippen LogP contribution in [0, 0.1) is 5.92 Å². The number of amides is 4. The maximum absolute atomic E-state index is 12.9. The van der Waals surface area contributed by atoms with Gasteiger partial charge in [0.05, 0.1) is 13.0 Å². The lowest BCUT2D eigenvalue weighted by Crippen LogP contribution is -2.48. The van der Waals surface area contributed by atoms with Crippen LogP contribution in [0.2, 0.25) is 0 Å². The largest absolute Gasteiger partial charge is 0.469 e. The van der Waals surface area contributed by atoms with Gasteiger partial charge in [-0.3, -0.25) is 19.3 Å². The molecule has 0 atom stereocenters. The molecule has 26 heavy (non-hydrogen) atoms. The highest BCUT2D eigenvalue weighted by atomic mass is 16.5. The van der Waals surface area contributed by atoms with E-state index in [-0.39, 0.29) is 30.2 Å². The molecular weight excluding hydrogens is 338 g/mol. The zero-order chi connectivity index (χ0) is 18.7. The third kappa shape index (κ3) is 3.54. The molecule has 8 nitrogen and oxygen atoms in total. The molecule has 2 saturated heterocycles. The molecule has 8 heteroatoms. The summed E-state index contributed by atoms with van der Waals surface area (Å²) in [6, 6.07) is -0.463. The van der Waals surface area contributed by atoms with Crippen molar-refractivity contribution in [3.8, 4) is 0 Å². The first-order valence-corrected chi connectivity index (χ1v) is 9.46. The molecule has 3 aliphatic rings. The summed E-state index contributed by atoms with van der Waals surface area (Å²) in [6.07, 6.45) is 6.34. The van der Waals surface area contributed by atoms with Gasteiger partial charge in [-0.05, 0) is 25.7 Å². The van der Waals surface area contributed by atoms with Crippen molar-refractivity contribution in [2.24, 2.45) is 5.92 Å². The molecule has 3 rings (SSSR count). The van der Waals surface area contributed by atoms with Crippen LogP contribution in [-0.2, 0) is 19.1 Å². The molecule has 144 valence electrons. The second-order valence-electron chi connectivity index (χ2n) is 7.50. The van der Waals surface area contributed by atoms with Crippen LogP contribution in [0.3, 0.4) is 0 Å². The van der Waals surface area contributed by atoms with Gasteiger partial charge < -0.3 is 15.0 Å². The van der Waals surface area contributed by atoms with Crippen molar-refractivity contribution in [1.29, 1.82) is 0 Å². The van der Waals surface area contributed by atoms with Crippen molar-refractivity contribution in [3.63, 3.8) is 0 Å². The number of ether oxygens (including phenoxy) is 1. The van der Waals surface area contributed by atoms with Crippen molar-refractivity contribution < 1.29 is 23.9 Å². The molecule has 2 aliphatic heterocycles. The minimum absolute atomic E-state index is 0.185. The second kappa shape index (κ2) is 7.63. The Morgan fingerprint density at radius 1 is 1.12 bits per heavy atom. The van der Waals surface area contributed by atoms with Crippen LogP contribution in [-0.4, -0.2) is 65.9 Å². The third-order valence-corrected chi connectivity index (χ3v) is 5.88. The summed E-state index contributed by atoms with van der Waals surface area (Å²) in [7, 11) is 1.36. The monoisotopic (exact) mass is 365 g/mol. The summed E-state index contributed by atoms with van der Waals surface area (Å²) in [5.41, 5.74) is -0.814. The smallest absolute Gasteiger partial charge is 0.325 e. The van der Waals surface area contributed by atoms with E-state index in [4.69, 9.17) is 4.74 Å². The molecule has 1 N–H and O–H groups in total. The number of nitrogens with zero attached hydrogens (tertiary/aromatic N) is 2. The summed E-state index contributed by atoms with van der Waals surface area (Å²) in [6.45, 7) is 0.649. The Kier molecular flexibility index (Phi) is 5.48. The number of hydrogen-bond donors (Lipinski definition) is 1. The van der Waals surface area contributed by atoms with Crippen molar-refractivity contribution in [2.45, 2.75) is 56.9 Å². The normalized spacial score (nSPS) is 23.7. The first-order chi connectivity index (χ1) is 12.5. The second-order valence-corrected chi connectivity index (χ2v) is 7.50. The van der Waals surface area contributed by atoms with Crippen molar-refractivity contribution in [2.75, 3.05) is 26.7 Å². The standard InChI is InChI=1S/C18H27N3O5/c1-26-15(23)13-6-10-20(11-7-13)14(22)12-21-16(24)18(19-17(21)25)8-4-2-3-5-9-18/h13H,2-12H2,1H3,(H,19,25). The van der Waals surface area contributed by atoms with Crippen LogP contribution < -0.4 is 5.32 Å². The Labute approximate surface area is 153 Å². The van der Waals surface area contributed by atoms with E-state index in [0.717, 1.165) is 30.6 Å². The van der Waals surface area contributed by atoms with Crippen LogP contribution in [0.15, 0.2) is 0 Å². The van der Waals surface area contributed by atoms with Gasteiger partial charge in [0, 0.05) is 13.1 Å². The predicted octanol–water partition coefficient (Wildman–Crippen LogP) is 1.04. The fraction of sp³-hybridized carbons (Fsp3) is 0.778. The van der Waals surface area contributed by atoms with E-state index in [1.54, 1.807) is 4.90 Å². The number of imide groups is 1. The first kappa shape index (κ1) is 18.7. The molecule has 0 unspecified atom stereocenters. The Morgan fingerprint density at radius 2 is 1.73 bits per heavy atom. The number of carbonyl (C=O) groups excluding carboxylic acids is 4. The molecule has 0 aromatic rings. The van der Waals surface area contributed by atoms with E-state index in [2.05, 4.69) is 5.32 Å². The highest BCUT2D eigenvalue weighted by molar-refractivity contribution is 6.09. The van der Waals surface area contributed by atoms with Crippen LogP contribution in [0.4, 0.5) is 4.79 Å². The molecule has 3 fully saturated rings. The lowest BCUT2D eigenvalue weighted by molar-refractivity contribution is -0.149. The number of esters is 1. The summed E-state index contributed by atoms with van der Waals surface area (Å²) < 4.78 is 4.75. The molecule has 1 spiro atoms. The number of rotatable bonds is 3. The van der Waals surface area contributed by atoms with Gasteiger partial charge >= 0.3 is 12.0 Å². The van der Waals surface area contributed by atoms with E-state index in [1.165, 1.54) is 7.11 Å². The predicted molar refractivity (Wildman–Crippen MR) is 92.0 cm³/mol. The average molecular weight is 365 g/mol. The van der Waals surface area contributed by atoms with E-state index < -0.39 is 11.6 Å². The number of carbonyl (C=O) groups is 4. The fourth-order valence-corrected chi connectivity index (χ4v) is 4.26. The minimum Gasteiger partial charge on any atom is -0.469 e. The summed E-state index contributed by atoms with van der Waals surface area (Å²) >= 11 is 0. The van der Waals surface area contributed by atoms with Gasteiger partial charge in [0.1, 0.15) is 12.1 Å². The van der Waals surface area contributed by atoms with Gasteiger partial charge in [-0.2, -0.15) is 0 Å². The number of urea groups is 1. The number of piperidine rings is 1. The molecule has 1 saturated carbocycles. The lowest BCUT2D eigenvalue weighted by Gasteiger charge is -2.31. The third-order valence-electron chi connectivity index (χ3n) is 5.88. The lowest BCUT2D eigenvalue weighted by atomic mass is 9.90. The number of nitrogens with one attached hydrogen (secondary N) is 1. The maximum Gasteiger partial charge on any atom is 0.325 e. The SMILES string of the molecule is COC(=O)C1CCN(C(=O)CN2C(=O)NC3(CCCCCC3)C2=O)CC1. The fourth-order valence-electron chi connectivity index (χ4n) is 4.26. The van der Waals surface area contributed by atoms with Crippen LogP contribution >= 0.6 is 0 Å². The summed E-state index contributed by atoms with van der Waals surface area (Å²) in [5.74, 6) is -0.943. The van der Waals surface area contributed by atoms with Crippen LogP contribution in [0.1, 0.15) is 51.4 Å². The maximum atomic E-state index is 12.9. The summed E-state index contributed by atoms with van der Waals surface area (Å²) in [5, 5.41) is 2.85. The number of hydrogen-bond acceptors (Lipinski definition) is 5. The van der Waals surface area contributed by atoms with E-state index in [0.29, 0.717) is 38.8 Å². The van der Waals surface area contributed by atoms with Crippen molar-refractivity contribution in [1.82, 2.24) is 15.1 Å². The Hall–Kier alpha value is -2.12. The molecule has 1 aliphatic carbocycles. The van der Waals surface area contributed by atoms with Crippen LogP contribution in [0.25, 0.3) is 0 Å². The van der Waals surface area contributed by atoms with Crippen molar-refractivity contribution in [3.05, 3.63) is 0 Å². The quantitative estimate of drug-likeness (QED) is 0.596. The van der Waals surface area contributed by atoms with Gasteiger partial charge in [0.15, 0.2) is 0 Å². The Balaban J connectivity index is 1.58. The van der Waals surface area contributed by atoms with Crippen molar-refractivity contribution >= 4 is 23.8 Å². The van der Waals surface area contributed by atoms with E-state index in [1.807, 2.05) is 0 Å². The number of methoxy groups -OCH3 is 1. The van der Waals surface area contributed by atoms with E-state index in [9.17, 15) is 19.2 Å². The molecule has 0 aromatic carbocycles. The topological polar surface area (TPSA) is 96.0 Å². The highest BCUT2D eigenvalue weighted by Crippen LogP contribution is 2.32. The summed E-state index contributed by atoms with van der Waals surface area (Å²) in [4.78, 5) is 52.0. The van der Waals surface area contributed by atoms with Gasteiger partial charge in [0.25, 0.3) is 5.91 Å². The zero-order valence-electron chi connectivity index (χ0n) is 15.3. The number of likely N-dealkylation sites (tertiary alicyclic amines) is 1. The highest BCUT2D eigenvalue weighted by Gasteiger charge is 2.51. The zero-order valence-corrected chi connectivity index (χ0v) is 15.3. The van der Waals surface area contributed by atoms with Gasteiger partial charge in [0.2, 0.25) is 5.91 Å². The van der Waals surface area contributed by atoms with Gasteiger partial charge in [-0.1, -0.05) is 25.7 Å². The van der Waals surface area contributed by atoms with Gasteiger partial charge in [-0.25, -0.2) is 4.79 Å². The molecule has 0 aromatic heterocycles. The Morgan fingerprint density at radius 3 is 2.31 bits per heavy atom. The van der Waals surface area contributed by atoms with Gasteiger partial charge in [-0.15, -0.1) is 0 Å². The average Bonchev–Trinajstić information content (AvgIpc) is 2.82. The first-order valence-electron chi connectivity index (χ1n) is 9.46. The molecule has 0 radical (unpaired) electrons. The molecule has 4 amide bonds.